The Morgan fingerprint density at radius 3 is 2.65 bits per heavy atom. The van der Waals surface area contributed by atoms with Crippen molar-refractivity contribution in [2.75, 3.05) is 0 Å². The third-order valence-electron chi connectivity index (χ3n) is 2.82. The number of sulfonamides is 1. The molecule has 0 spiro atoms. The first-order valence-electron chi connectivity index (χ1n) is 5.85. The minimum absolute atomic E-state index is 0.124. The van der Waals surface area contributed by atoms with E-state index in [1.165, 1.54) is 6.20 Å². The van der Waals surface area contributed by atoms with Crippen LogP contribution in [0.2, 0.25) is 5.02 Å². The Bertz CT molecular complexity index is 682. The zero-order chi connectivity index (χ0) is 14.8. The highest BCUT2D eigenvalue weighted by Gasteiger charge is 2.23. The van der Waals surface area contributed by atoms with Crippen LogP contribution >= 0.6 is 11.6 Å². The minimum atomic E-state index is -3.78. The molecule has 6 nitrogen and oxygen atoms in total. The Morgan fingerprint density at radius 1 is 1.40 bits per heavy atom. The molecule has 1 atom stereocenters. The molecule has 3 N–H and O–H groups in total. The van der Waals surface area contributed by atoms with E-state index < -0.39 is 22.7 Å². The first-order chi connectivity index (χ1) is 9.44. The summed E-state index contributed by atoms with van der Waals surface area (Å²) in [6.07, 6.45) is 1.28. The van der Waals surface area contributed by atoms with Crippen molar-refractivity contribution in [2.24, 2.45) is 0 Å². The number of halogens is 1. The number of aliphatic hydroxyl groups is 1. The van der Waals surface area contributed by atoms with Gasteiger partial charge in [-0.1, -0.05) is 23.7 Å². The van der Waals surface area contributed by atoms with Crippen molar-refractivity contribution >= 4 is 21.6 Å². The van der Waals surface area contributed by atoms with E-state index in [9.17, 15) is 8.42 Å². The molecule has 0 radical (unpaired) electrons. The second-order valence-corrected chi connectivity index (χ2v) is 6.36. The van der Waals surface area contributed by atoms with Gasteiger partial charge in [0.25, 0.3) is 10.0 Å². The van der Waals surface area contributed by atoms with Crippen LogP contribution in [0, 0.1) is 0 Å². The van der Waals surface area contributed by atoms with E-state index in [4.69, 9.17) is 16.7 Å². The largest absolute Gasteiger partial charge is 0.392 e. The average Bonchev–Trinajstić information content (AvgIpc) is 2.88. The van der Waals surface area contributed by atoms with Crippen molar-refractivity contribution in [3.05, 3.63) is 46.6 Å². The number of aromatic nitrogens is 2. The maximum atomic E-state index is 12.2. The molecule has 8 heteroatoms. The normalized spacial score (nSPS) is 13.3. The van der Waals surface area contributed by atoms with Gasteiger partial charge in [-0.2, -0.15) is 5.10 Å². The van der Waals surface area contributed by atoms with Crippen LogP contribution in [0.15, 0.2) is 35.5 Å². The van der Waals surface area contributed by atoms with E-state index in [0.29, 0.717) is 5.02 Å². The van der Waals surface area contributed by atoms with Gasteiger partial charge in [-0.05, 0) is 24.6 Å². The molecule has 1 aromatic heterocycles. The highest BCUT2D eigenvalue weighted by molar-refractivity contribution is 7.89. The van der Waals surface area contributed by atoms with Gasteiger partial charge in [0.05, 0.1) is 12.8 Å². The first kappa shape index (κ1) is 15.0. The number of H-pyrrole nitrogens is 1. The standard InChI is InChI=1S/C12H14ClN3O3S/c1-8(9-2-4-11(13)5-3-9)16-20(18,19)12-10(7-17)6-14-15-12/h2-6,8,16-17H,7H2,1H3,(H,14,15). The SMILES string of the molecule is CC(NS(=O)(=O)c1[nH]ncc1CO)c1ccc(Cl)cc1. The van der Waals surface area contributed by atoms with Crippen LogP contribution in [-0.2, 0) is 16.6 Å². The van der Waals surface area contributed by atoms with Gasteiger partial charge in [0.1, 0.15) is 0 Å². The van der Waals surface area contributed by atoms with Gasteiger partial charge < -0.3 is 5.11 Å². The zero-order valence-corrected chi connectivity index (χ0v) is 12.2. The van der Waals surface area contributed by atoms with Crippen molar-refractivity contribution in [2.45, 2.75) is 24.6 Å². The number of aliphatic hydroxyl groups excluding tert-OH is 1. The fraction of sp³-hybridized carbons (Fsp3) is 0.250. The first-order valence-corrected chi connectivity index (χ1v) is 7.71. The van der Waals surface area contributed by atoms with E-state index in [2.05, 4.69) is 14.9 Å². The number of nitrogens with zero attached hydrogens (tertiary/aromatic N) is 1. The van der Waals surface area contributed by atoms with Crippen molar-refractivity contribution in [1.29, 1.82) is 0 Å². The van der Waals surface area contributed by atoms with E-state index in [0.717, 1.165) is 5.56 Å². The zero-order valence-electron chi connectivity index (χ0n) is 10.7. The molecular weight excluding hydrogens is 302 g/mol. The summed E-state index contributed by atoms with van der Waals surface area (Å²) in [6.45, 7) is 1.32. The van der Waals surface area contributed by atoms with Gasteiger partial charge in [-0.3, -0.25) is 5.10 Å². The molecule has 0 saturated heterocycles. The molecule has 1 heterocycles. The smallest absolute Gasteiger partial charge is 0.258 e. The number of aromatic amines is 1. The monoisotopic (exact) mass is 315 g/mol. The molecule has 0 aliphatic heterocycles. The Balaban J connectivity index is 2.22. The van der Waals surface area contributed by atoms with E-state index >= 15 is 0 Å². The Hall–Kier alpha value is -1.41. The van der Waals surface area contributed by atoms with E-state index in [-0.39, 0.29) is 10.6 Å². The summed E-state index contributed by atoms with van der Waals surface area (Å²) in [5.41, 5.74) is 1.00. The lowest BCUT2D eigenvalue weighted by atomic mass is 10.1. The minimum Gasteiger partial charge on any atom is -0.392 e. The van der Waals surface area contributed by atoms with E-state index in [1.807, 2.05) is 0 Å². The third-order valence-corrected chi connectivity index (χ3v) is 4.63. The highest BCUT2D eigenvalue weighted by atomic mass is 35.5. The van der Waals surface area contributed by atoms with Crippen LogP contribution in [0.25, 0.3) is 0 Å². The van der Waals surface area contributed by atoms with Gasteiger partial charge in [-0.15, -0.1) is 0 Å². The van der Waals surface area contributed by atoms with Crippen molar-refractivity contribution in [3.63, 3.8) is 0 Å². The van der Waals surface area contributed by atoms with Crippen LogP contribution in [0.3, 0.4) is 0 Å². The van der Waals surface area contributed by atoms with Crippen LogP contribution in [-0.4, -0.2) is 23.7 Å². The molecule has 0 aliphatic rings. The topological polar surface area (TPSA) is 95.1 Å². The molecule has 0 saturated carbocycles. The summed E-state index contributed by atoms with van der Waals surface area (Å²) in [5.74, 6) is 0. The molecule has 1 unspecified atom stereocenters. The third kappa shape index (κ3) is 3.18. The summed E-state index contributed by atoms with van der Waals surface area (Å²) < 4.78 is 26.9. The van der Waals surface area contributed by atoms with Crippen molar-refractivity contribution < 1.29 is 13.5 Å². The van der Waals surface area contributed by atoms with Crippen molar-refractivity contribution in [3.8, 4) is 0 Å². The summed E-state index contributed by atoms with van der Waals surface area (Å²) in [7, 11) is -3.78. The molecule has 0 amide bonds. The van der Waals surface area contributed by atoms with Crippen LogP contribution in [0.4, 0.5) is 0 Å². The Morgan fingerprint density at radius 2 is 2.05 bits per heavy atom. The van der Waals surface area contributed by atoms with Gasteiger partial charge in [0, 0.05) is 16.6 Å². The second-order valence-electron chi connectivity index (χ2n) is 4.28. The second kappa shape index (κ2) is 5.92. The summed E-state index contributed by atoms with van der Waals surface area (Å²) in [5, 5.41) is 15.6. The highest BCUT2D eigenvalue weighted by Crippen LogP contribution is 2.19. The van der Waals surface area contributed by atoms with Gasteiger partial charge in [0.15, 0.2) is 5.03 Å². The molecule has 0 bridgehead atoms. The fourth-order valence-electron chi connectivity index (χ4n) is 1.76. The van der Waals surface area contributed by atoms with Crippen LogP contribution in [0.1, 0.15) is 24.1 Å². The van der Waals surface area contributed by atoms with Gasteiger partial charge in [-0.25, -0.2) is 13.1 Å². The van der Waals surface area contributed by atoms with Crippen molar-refractivity contribution in [1.82, 2.24) is 14.9 Å². The number of hydrogen-bond donors (Lipinski definition) is 3. The summed E-state index contributed by atoms with van der Waals surface area (Å²) in [6, 6.07) is 6.44. The van der Waals surface area contributed by atoms with E-state index in [1.54, 1.807) is 31.2 Å². The lowest BCUT2D eigenvalue weighted by molar-refractivity contribution is 0.278. The van der Waals surface area contributed by atoms with Gasteiger partial charge >= 0.3 is 0 Å². The molecule has 108 valence electrons. The summed E-state index contributed by atoms with van der Waals surface area (Å²) >= 11 is 5.79. The predicted octanol–water partition coefficient (Wildman–Crippen LogP) is 1.59. The number of benzene rings is 1. The maximum Gasteiger partial charge on any atom is 0.258 e. The molecule has 20 heavy (non-hydrogen) atoms. The molecule has 1 aromatic carbocycles. The fourth-order valence-corrected chi connectivity index (χ4v) is 3.24. The molecule has 2 rings (SSSR count). The number of hydrogen-bond acceptors (Lipinski definition) is 4. The lowest BCUT2D eigenvalue weighted by Crippen LogP contribution is -2.28. The Labute approximate surface area is 121 Å². The molecule has 0 aliphatic carbocycles. The van der Waals surface area contributed by atoms with Crippen LogP contribution < -0.4 is 4.72 Å². The Kier molecular flexibility index (Phi) is 4.44. The average molecular weight is 316 g/mol. The quantitative estimate of drug-likeness (QED) is 0.781. The lowest BCUT2D eigenvalue weighted by Gasteiger charge is -2.14. The molecular formula is C12H14ClN3O3S. The maximum absolute atomic E-state index is 12.2. The molecule has 0 fully saturated rings. The number of nitrogens with one attached hydrogen (secondary N) is 2. The number of rotatable bonds is 5. The predicted molar refractivity (Wildman–Crippen MR) is 74.7 cm³/mol. The van der Waals surface area contributed by atoms with Gasteiger partial charge in [0.2, 0.25) is 0 Å². The summed E-state index contributed by atoms with van der Waals surface area (Å²) in [4.78, 5) is 0. The van der Waals surface area contributed by atoms with Crippen LogP contribution in [0.5, 0.6) is 0 Å². The molecule has 2 aromatic rings.